The molecule has 3 unspecified atom stereocenters. The molecule has 18 heteroatoms. The molecule has 0 aliphatic carbocycles. The van der Waals surface area contributed by atoms with Crippen LogP contribution in [-0.2, 0) is 66.9 Å². The Bertz CT molecular complexity index is 1490. The minimum absolute atomic E-state index is 0.0124. The van der Waals surface area contributed by atoms with E-state index in [0.717, 1.165) is 13.8 Å². The number of ether oxygens (including phenoxy) is 4. The molecule has 57 heavy (non-hydrogen) atoms. The van der Waals surface area contributed by atoms with E-state index in [2.05, 4.69) is 36.9 Å². The van der Waals surface area contributed by atoms with Gasteiger partial charge in [0.2, 0.25) is 11.8 Å². The van der Waals surface area contributed by atoms with E-state index < -0.39 is 76.4 Å². The topological polar surface area (TPSA) is 272 Å². The molecule has 0 aromatic carbocycles. The van der Waals surface area contributed by atoms with Gasteiger partial charge in [0.25, 0.3) is 0 Å². The van der Waals surface area contributed by atoms with Crippen molar-refractivity contribution in [1.82, 2.24) is 10.6 Å². The first kappa shape index (κ1) is 55.4. The van der Waals surface area contributed by atoms with E-state index in [1.165, 1.54) is 27.7 Å². The van der Waals surface area contributed by atoms with Crippen LogP contribution in [0.5, 0.6) is 0 Å². The molecule has 3 atom stereocenters. The van der Waals surface area contributed by atoms with Crippen molar-refractivity contribution in [2.24, 2.45) is 23.2 Å². The van der Waals surface area contributed by atoms with Gasteiger partial charge in [-0.1, -0.05) is 47.1 Å². The minimum atomic E-state index is -1.68. The number of ketones is 2. The molecule has 0 aromatic heterocycles. The molecular formula is C39H58N2O16. The molecule has 0 saturated carbocycles. The fraction of sp³-hybridized carbons (Fsp3) is 0.538. The molecule has 0 radical (unpaired) electrons. The number of amides is 2. The molecule has 0 rings (SSSR count). The summed E-state index contributed by atoms with van der Waals surface area (Å²) in [7, 11) is 0. The van der Waals surface area contributed by atoms with Crippen molar-refractivity contribution in [3.8, 4) is 0 Å². The molecule has 320 valence electrons. The first-order valence-corrected chi connectivity index (χ1v) is 17.4. The Morgan fingerprint density at radius 1 is 0.561 bits per heavy atom. The fourth-order valence-electron chi connectivity index (χ4n) is 3.97. The highest BCUT2D eigenvalue weighted by Gasteiger charge is 2.35. The summed E-state index contributed by atoms with van der Waals surface area (Å²) in [6.07, 6.45) is 1.03. The van der Waals surface area contributed by atoms with Crippen LogP contribution in [0.15, 0.2) is 48.6 Å². The second-order valence-corrected chi connectivity index (χ2v) is 13.7. The maximum atomic E-state index is 12.7. The van der Waals surface area contributed by atoms with Crippen LogP contribution in [0.4, 0.5) is 0 Å². The number of hydrogen-bond acceptors (Lipinski definition) is 14. The number of nitrogens with one attached hydrogen (secondary N) is 2. The zero-order valence-corrected chi connectivity index (χ0v) is 34.3. The van der Waals surface area contributed by atoms with Crippen molar-refractivity contribution < 1.29 is 77.1 Å². The normalized spacial score (nSPS) is 11.7. The van der Waals surface area contributed by atoms with Gasteiger partial charge in [0.1, 0.15) is 26.4 Å². The van der Waals surface area contributed by atoms with Crippen molar-refractivity contribution in [3.63, 3.8) is 0 Å². The summed E-state index contributed by atoms with van der Waals surface area (Å²) >= 11 is 0. The Balaban J connectivity index is -0.00000209. The van der Waals surface area contributed by atoms with E-state index >= 15 is 0 Å². The predicted octanol–water partition coefficient (Wildman–Crippen LogP) is 2.69. The number of rotatable bonds is 23. The van der Waals surface area contributed by atoms with Crippen LogP contribution in [0, 0.1) is 23.2 Å². The first-order chi connectivity index (χ1) is 26.1. The molecule has 0 aromatic rings. The highest BCUT2D eigenvalue weighted by molar-refractivity contribution is 6.16. The van der Waals surface area contributed by atoms with Gasteiger partial charge in [0.15, 0.2) is 23.4 Å². The lowest BCUT2D eigenvalue weighted by molar-refractivity contribution is -0.160. The third kappa shape index (κ3) is 27.3. The highest BCUT2D eigenvalue weighted by atomic mass is 16.6. The Hall–Kier alpha value is -5.94. The standard InChI is InChI=1S/C31H46N2O12.2C4H6O2/c1-18(2)27(38)42-12-14-44-29(40)23(21(6)34)25(36)32-11-10-20(5)16-31(8,9)17-33-26(37)24(22(7)35)30(41)45-15-13-43-28(39)19(3)4;2*1-3(2)4(5)6/h20,23-24H,1,3,10-17H2,2,4-9H3,(H,32,36)(H,33,37);2*1H2,2H3,(H,5,6). The number of carbonyl (C=O) groups is 10. The average Bonchev–Trinajstić information content (AvgIpc) is 3.07. The fourth-order valence-corrected chi connectivity index (χ4v) is 3.97. The van der Waals surface area contributed by atoms with E-state index in [1.807, 2.05) is 20.8 Å². The van der Waals surface area contributed by atoms with Gasteiger partial charge >= 0.3 is 35.8 Å². The van der Waals surface area contributed by atoms with Gasteiger partial charge in [-0.25, -0.2) is 19.2 Å². The Kier molecular flexibility index (Phi) is 27.7. The molecule has 0 bridgehead atoms. The van der Waals surface area contributed by atoms with Gasteiger partial charge in [-0.15, -0.1) is 0 Å². The van der Waals surface area contributed by atoms with Crippen LogP contribution < -0.4 is 10.6 Å². The summed E-state index contributed by atoms with van der Waals surface area (Å²) in [4.78, 5) is 116. The third-order valence-electron chi connectivity index (χ3n) is 6.94. The molecule has 0 spiro atoms. The SMILES string of the molecule is C=C(C)C(=O)O.C=C(C)C(=O)O.C=C(C)C(=O)OCCOC(=O)C(C(C)=O)C(=O)NCCC(C)CC(C)(C)CNC(=O)C(C(C)=O)C(=O)OCCOC(=O)C(=C)C. The Morgan fingerprint density at radius 3 is 1.18 bits per heavy atom. The van der Waals surface area contributed by atoms with E-state index in [4.69, 9.17) is 29.2 Å². The number of carbonyl (C=O) groups excluding carboxylic acids is 8. The molecule has 2 amide bonds. The van der Waals surface area contributed by atoms with Crippen LogP contribution in [0.25, 0.3) is 0 Å². The van der Waals surface area contributed by atoms with Gasteiger partial charge in [0.05, 0.1) is 0 Å². The summed E-state index contributed by atoms with van der Waals surface area (Å²) in [6, 6.07) is 0. The highest BCUT2D eigenvalue weighted by Crippen LogP contribution is 2.26. The molecule has 4 N–H and O–H groups in total. The number of esters is 4. The third-order valence-corrected chi connectivity index (χ3v) is 6.94. The lowest BCUT2D eigenvalue weighted by Crippen LogP contribution is -2.44. The number of hydrogen-bond donors (Lipinski definition) is 4. The van der Waals surface area contributed by atoms with Crippen LogP contribution in [0.1, 0.15) is 75.2 Å². The van der Waals surface area contributed by atoms with E-state index in [9.17, 15) is 47.9 Å². The second-order valence-electron chi connectivity index (χ2n) is 13.7. The van der Waals surface area contributed by atoms with Crippen LogP contribution in [0.3, 0.4) is 0 Å². The molecule has 0 aliphatic rings. The molecule has 0 heterocycles. The number of carboxylic acid groups (broad SMARTS) is 2. The summed E-state index contributed by atoms with van der Waals surface area (Å²) < 4.78 is 19.5. The first-order valence-electron chi connectivity index (χ1n) is 17.4. The van der Waals surface area contributed by atoms with Crippen LogP contribution in [-0.4, -0.2) is 109 Å². The molecule has 0 fully saturated rings. The van der Waals surface area contributed by atoms with Crippen LogP contribution in [0.2, 0.25) is 0 Å². The van der Waals surface area contributed by atoms with Gasteiger partial charge < -0.3 is 39.8 Å². The summed E-state index contributed by atoms with van der Waals surface area (Å²) in [5.41, 5.74) is 0.202. The van der Waals surface area contributed by atoms with E-state index in [-0.39, 0.29) is 67.7 Å². The summed E-state index contributed by atoms with van der Waals surface area (Å²) in [5.74, 6) is -11.7. The average molecular weight is 811 g/mol. The quantitative estimate of drug-likeness (QED) is 0.0380. The lowest BCUT2D eigenvalue weighted by Gasteiger charge is -2.29. The van der Waals surface area contributed by atoms with Crippen molar-refractivity contribution >= 4 is 59.2 Å². The molecule has 18 nitrogen and oxygen atoms in total. The van der Waals surface area contributed by atoms with Crippen molar-refractivity contribution in [1.29, 1.82) is 0 Å². The van der Waals surface area contributed by atoms with Crippen molar-refractivity contribution in [2.45, 2.75) is 75.2 Å². The molecule has 0 aliphatic heterocycles. The summed E-state index contributed by atoms with van der Waals surface area (Å²) in [5, 5.41) is 21.0. The predicted molar refractivity (Wildman–Crippen MR) is 205 cm³/mol. The van der Waals surface area contributed by atoms with Crippen molar-refractivity contribution in [2.75, 3.05) is 39.5 Å². The maximum absolute atomic E-state index is 12.7. The maximum Gasteiger partial charge on any atom is 0.333 e. The zero-order valence-electron chi connectivity index (χ0n) is 34.3. The monoisotopic (exact) mass is 810 g/mol. The smallest absolute Gasteiger partial charge is 0.333 e. The zero-order chi connectivity index (χ0) is 45.2. The molecular weight excluding hydrogens is 752 g/mol. The second kappa shape index (κ2) is 28.5. The number of aliphatic carboxylic acids is 2. The van der Waals surface area contributed by atoms with Gasteiger partial charge in [-0.05, 0) is 65.7 Å². The van der Waals surface area contributed by atoms with Gasteiger partial charge in [-0.2, -0.15) is 0 Å². The summed E-state index contributed by atoms with van der Waals surface area (Å²) in [6.45, 7) is 25.9. The van der Waals surface area contributed by atoms with E-state index in [1.54, 1.807) is 0 Å². The van der Waals surface area contributed by atoms with Gasteiger partial charge in [0, 0.05) is 35.4 Å². The minimum Gasteiger partial charge on any atom is -0.478 e. The van der Waals surface area contributed by atoms with Crippen molar-refractivity contribution in [3.05, 3.63) is 48.6 Å². The number of carboxylic acids is 2. The Labute approximate surface area is 333 Å². The lowest BCUT2D eigenvalue weighted by atomic mass is 9.82. The Morgan fingerprint density at radius 2 is 0.877 bits per heavy atom. The van der Waals surface area contributed by atoms with Crippen LogP contribution >= 0.6 is 0 Å². The van der Waals surface area contributed by atoms with Gasteiger partial charge in [-0.3, -0.25) is 28.8 Å². The number of Topliss-reactive ketones (excluding diaryl/α,β-unsaturated/α-hetero) is 2. The largest absolute Gasteiger partial charge is 0.478 e. The van der Waals surface area contributed by atoms with E-state index in [0.29, 0.717) is 12.8 Å². The molecule has 0 saturated heterocycles.